The molecule has 1 aromatic carbocycles. The summed E-state index contributed by atoms with van der Waals surface area (Å²) in [5.41, 5.74) is -0.0814. The quantitative estimate of drug-likeness (QED) is 0.880. The first-order valence-electron chi connectivity index (χ1n) is 5.08. The van der Waals surface area contributed by atoms with E-state index < -0.39 is 17.6 Å². The first kappa shape index (κ1) is 11.6. The number of rotatable bonds is 3. The van der Waals surface area contributed by atoms with Crippen LogP contribution in [0.4, 0.5) is 8.78 Å². The Kier molecular flexibility index (Phi) is 3.12. The van der Waals surface area contributed by atoms with Gasteiger partial charge in [-0.2, -0.15) is 0 Å². The number of fused-ring (bicyclic) bond motifs is 1. The molecule has 1 aliphatic heterocycles. The van der Waals surface area contributed by atoms with E-state index in [-0.39, 0.29) is 43.1 Å². The number of benzene rings is 1. The van der Waals surface area contributed by atoms with Crippen molar-refractivity contribution in [1.82, 2.24) is 0 Å². The molecule has 1 heterocycles. The minimum Gasteiger partial charge on any atom is -0.486 e. The molecule has 4 nitrogen and oxygen atoms in total. The molecule has 0 unspecified atom stereocenters. The van der Waals surface area contributed by atoms with Crippen LogP contribution in [0.2, 0.25) is 0 Å². The van der Waals surface area contributed by atoms with E-state index in [4.69, 9.17) is 14.6 Å². The molecule has 0 spiro atoms. The standard InChI is InChI=1S/C11H10F2O4/c12-7-5-8-11(17-4-3-16-8)6(10(7)13)1-2-9(14)15/h5H,1-4H2,(H,14,15). The van der Waals surface area contributed by atoms with Crippen molar-refractivity contribution in [3.63, 3.8) is 0 Å². The van der Waals surface area contributed by atoms with Crippen molar-refractivity contribution >= 4 is 5.97 Å². The van der Waals surface area contributed by atoms with E-state index in [2.05, 4.69) is 0 Å². The lowest BCUT2D eigenvalue weighted by molar-refractivity contribution is -0.136. The summed E-state index contributed by atoms with van der Waals surface area (Å²) in [4.78, 5) is 10.4. The molecular weight excluding hydrogens is 234 g/mol. The highest BCUT2D eigenvalue weighted by atomic mass is 19.2. The summed E-state index contributed by atoms with van der Waals surface area (Å²) in [5, 5.41) is 8.55. The predicted molar refractivity (Wildman–Crippen MR) is 53.3 cm³/mol. The third-order valence-corrected chi connectivity index (χ3v) is 2.41. The molecule has 0 amide bonds. The highest BCUT2D eigenvalue weighted by molar-refractivity contribution is 5.67. The minimum absolute atomic E-state index is 0.0814. The van der Waals surface area contributed by atoms with Crippen LogP contribution in [0.5, 0.6) is 11.5 Å². The van der Waals surface area contributed by atoms with Crippen LogP contribution >= 0.6 is 0 Å². The van der Waals surface area contributed by atoms with Gasteiger partial charge < -0.3 is 14.6 Å². The Morgan fingerprint density at radius 3 is 2.76 bits per heavy atom. The van der Waals surface area contributed by atoms with E-state index >= 15 is 0 Å². The zero-order chi connectivity index (χ0) is 12.4. The van der Waals surface area contributed by atoms with E-state index in [0.29, 0.717) is 0 Å². The van der Waals surface area contributed by atoms with E-state index in [1.165, 1.54) is 0 Å². The lowest BCUT2D eigenvalue weighted by Gasteiger charge is -2.21. The fourth-order valence-corrected chi connectivity index (χ4v) is 1.65. The third-order valence-electron chi connectivity index (χ3n) is 2.41. The molecule has 92 valence electrons. The Morgan fingerprint density at radius 1 is 1.35 bits per heavy atom. The van der Waals surface area contributed by atoms with E-state index in [1.54, 1.807) is 0 Å². The zero-order valence-corrected chi connectivity index (χ0v) is 8.83. The number of hydrogen-bond acceptors (Lipinski definition) is 3. The molecule has 1 N–H and O–H groups in total. The number of hydrogen-bond donors (Lipinski definition) is 1. The van der Waals surface area contributed by atoms with Crippen LogP contribution in [0, 0.1) is 11.6 Å². The molecule has 1 aromatic rings. The first-order chi connectivity index (χ1) is 8.09. The molecule has 0 aromatic heterocycles. The van der Waals surface area contributed by atoms with Crippen LogP contribution in [0.15, 0.2) is 6.07 Å². The van der Waals surface area contributed by atoms with E-state index in [9.17, 15) is 13.6 Å². The van der Waals surface area contributed by atoms with Crippen molar-refractivity contribution in [2.24, 2.45) is 0 Å². The van der Waals surface area contributed by atoms with Gasteiger partial charge in [-0.1, -0.05) is 0 Å². The van der Waals surface area contributed by atoms with E-state index in [1.807, 2.05) is 0 Å². The normalized spacial score (nSPS) is 13.5. The Balaban J connectivity index is 2.39. The van der Waals surface area contributed by atoms with Crippen LogP contribution in [-0.2, 0) is 11.2 Å². The minimum atomic E-state index is -1.08. The van der Waals surface area contributed by atoms with Gasteiger partial charge in [0.1, 0.15) is 13.2 Å². The molecule has 0 aliphatic carbocycles. The van der Waals surface area contributed by atoms with Crippen molar-refractivity contribution in [1.29, 1.82) is 0 Å². The highest BCUT2D eigenvalue weighted by Crippen LogP contribution is 2.37. The van der Waals surface area contributed by atoms with Crippen molar-refractivity contribution in [3.8, 4) is 11.5 Å². The lowest BCUT2D eigenvalue weighted by atomic mass is 10.1. The molecule has 1 aliphatic rings. The lowest BCUT2D eigenvalue weighted by Crippen LogP contribution is -2.18. The molecule has 0 bridgehead atoms. The summed E-state index contributed by atoms with van der Waals surface area (Å²) >= 11 is 0. The summed E-state index contributed by atoms with van der Waals surface area (Å²) in [5.74, 6) is -2.99. The van der Waals surface area contributed by atoms with Gasteiger partial charge >= 0.3 is 5.97 Å². The Labute approximate surface area is 95.8 Å². The maximum absolute atomic E-state index is 13.5. The summed E-state index contributed by atoms with van der Waals surface area (Å²) in [6.07, 6.45) is -0.430. The fraction of sp³-hybridized carbons (Fsp3) is 0.364. The molecular formula is C11H10F2O4. The van der Waals surface area contributed by atoms with Gasteiger partial charge in [-0.15, -0.1) is 0 Å². The molecule has 2 rings (SSSR count). The molecule has 0 fully saturated rings. The van der Waals surface area contributed by atoms with Crippen molar-refractivity contribution in [2.75, 3.05) is 13.2 Å². The van der Waals surface area contributed by atoms with Crippen LogP contribution < -0.4 is 9.47 Å². The van der Waals surface area contributed by atoms with Crippen LogP contribution in [0.3, 0.4) is 0 Å². The topological polar surface area (TPSA) is 55.8 Å². The first-order valence-corrected chi connectivity index (χ1v) is 5.08. The molecule has 0 radical (unpaired) electrons. The number of carboxylic acid groups (broad SMARTS) is 1. The monoisotopic (exact) mass is 244 g/mol. The molecule has 17 heavy (non-hydrogen) atoms. The number of aliphatic carboxylic acids is 1. The second-order valence-corrected chi connectivity index (χ2v) is 3.57. The summed E-state index contributed by atoms with van der Waals surface area (Å²) in [6.45, 7) is 0.495. The van der Waals surface area contributed by atoms with Crippen LogP contribution in [-0.4, -0.2) is 24.3 Å². The third kappa shape index (κ3) is 2.30. The second-order valence-electron chi connectivity index (χ2n) is 3.57. The smallest absolute Gasteiger partial charge is 0.303 e. The van der Waals surface area contributed by atoms with Crippen molar-refractivity contribution in [3.05, 3.63) is 23.3 Å². The zero-order valence-electron chi connectivity index (χ0n) is 8.83. The van der Waals surface area contributed by atoms with Crippen molar-refractivity contribution in [2.45, 2.75) is 12.8 Å². The van der Waals surface area contributed by atoms with Gasteiger partial charge in [0, 0.05) is 18.1 Å². The van der Waals surface area contributed by atoms with Crippen LogP contribution in [0.25, 0.3) is 0 Å². The predicted octanol–water partition coefficient (Wildman–Crippen LogP) is 1.75. The molecule has 6 heteroatoms. The van der Waals surface area contributed by atoms with Gasteiger partial charge in [0.05, 0.1) is 0 Å². The number of ether oxygens (including phenoxy) is 2. The van der Waals surface area contributed by atoms with E-state index in [0.717, 1.165) is 6.07 Å². The second kappa shape index (κ2) is 4.57. The molecule has 0 atom stereocenters. The molecule has 0 saturated carbocycles. The maximum Gasteiger partial charge on any atom is 0.303 e. The van der Waals surface area contributed by atoms with Gasteiger partial charge in [-0.05, 0) is 6.42 Å². The summed E-state index contributed by atoms with van der Waals surface area (Å²) in [7, 11) is 0. The van der Waals surface area contributed by atoms with Gasteiger partial charge in [0.2, 0.25) is 0 Å². The number of carbonyl (C=O) groups is 1. The number of halogens is 2. The Morgan fingerprint density at radius 2 is 2.06 bits per heavy atom. The largest absolute Gasteiger partial charge is 0.486 e. The highest BCUT2D eigenvalue weighted by Gasteiger charge is 2.23. The van der Waals surface area contributed by atoms with Gasteiger partial charge in [0.25, 0.3) is 0 Å². The summed E-state index contributed by atoms with van der Waals surface area (Å²) in [6, 6.07) is 0.911. The average molecular weight is 244 g/mol. The Bertz CT molecular complexity index is 459. The Hall–Kier alpha value is -1.85. The number of carboxylic acids is 1. The maximum atomic E-state index is 13.5. The van der Waals surface area contributed by atoms with Crippen LogP contribution in [0.1, 0.15) is 12.0 Å². The SMILES string of the molecule is O=C(O)CCc1c(F)c(F)cc2c1OCCO2. The van der Waals surface area contributed by atoms with Crippen molar-refractivity contribution < 1.29 is 28.2 Å². The van der Waals surface area contributed by atoms with Gasteiger partial charge in [-0.25, -0.2) is 8.78 Å². The van der Waals surface area contributed by atoms with Gasteiger partial charge in [-0.3, -0.25) is 4.79 Å². The fourth-order valence-electron chi connectivity index (χ4n) is 1.65. The van der Waals surface area contributed by atoms with Gasteiger partial charge in [0.15, 0.2) is 23.1 Å². The summed E-state index contributed by atoms with van der Waals surface area (Å²) < 4.78 is 37.1. The molecule has 0 saturated heterocycles. The average Bonchev–Trinajstić information content (AvgIpc) is 2.29.